The summed E-state index contributed by atoms with van der Waals surface area (Å²) in [6, 6.07) is 4.40. The van der Waals surface area contributed by atoms with Crippen LogP contribution in [0.15, 0.2) is 18.3 Å². The lowest BCUT2D eigenvalue weighted by Gasteiger charge is -2.42. The SMILES string of the molecule is CC(C)n1nc(-c2cnc(N)c(C(F)(F)F)c2)cc1C1[C@H]2CC(N3CCN(C)C[C@@H]3C)C[C@@H]12. The fourth-order valence-corrected chi connectivity index (χ4v) is 6.27. The zero-order valence-corrected chi connectivity index (χ0v) is 19.7. The molecule has 180 valence electrons. The Morgan fingerprint density at radius 1 is 1.12 bits per heavy atom. The maximum Gasteiger partial charge on any atom is 0.419 e. The van der Waals surface area contributed by atoms with E-state index in [-0.39, 0.29) is 6.04 Å². The van der Waals surface area contributed by atoms with Crippen LogP contribution in [-0.2, 0) is 6.18 Å². The van der Waals surface area contributed by atoms with E-state index in [9.17, 15) is 13.2 Å². The highest BCUT2D eigenvalue weighted by atomic mass is 19.4. The van der Waals surface area contributed by atoms with Gasteiger partial charge in [0.2, 0.25) is 0 Å². The second-order valence-electron chi connectivity index (χ2n) is 10.5. The molecule has 1 aliphatic heterocycles. The average molecular weight is 463 g/mol. The molecule has 0 amide bonds. The minimum absolute atomic E-state index is 0.132. The van der Waals surface area contributed by atoms with Gasteiger partial charge in [0.25, 0.3) is 0 Å². The Balaban J connectivity index is 1.36. The topological polar surface area (TPSA) is 63.2 Å². The number of hydrogen-bond acceptors (Lipinski definition) is 5. The molecule has 0 bridgehead atoms. The van der Waals surface area contributed by atoms with Crippen molar-refractivity contribution in [3.8, 4) is 11.3 Å². The molecule has 0 spiro atoms. The van der Waals surface area contributed by atoms with E-state index in [2.05, 4.69) is 42.6 Å². The Morgan fingerprint density at radius 3 is 2.42 bits per heavy atom. The molecule has 2 aliphatic carbocycles. The third-order valence-electron chi connectivity index (χ3n) is 7.89. The molecule has 5 atom stereocenters. The minimum Gasteiger partial charge on any atom is -0.383 e. The van der Waals surface area contributed by atoms with Gasteiger partial charge in [-0.1, -0.05) is 0 Å². The number of nitrogen functional groups attached to an aromatic ring is 1. The molecular formula is C24H33F3N6. The lowest BCUT2D eigenvalue weighted by molar-refractivity contribution is -0.137. The number of nitrogens with two attached hydrogens (primary N) is 1. The summed E-state index contributed by atoms with van der Waals surface area (Å²) in [6.07, 6.45) is -0.757. The van der Waals surface area contributed by atoms with Gasteiger partial charge in [-0.05, 0) is 64.6 Å². The molecule has 33 heavy (non-hydrogen) atoms. The molecule has 3 aliphatic rings. The Labute approximate surface area is 192 Å². The predicted octanol–water partition coefficient (Wildman–Crippen LogP) is 4.25. The van der Waals surface area contributed by atoms with Gasteiger partial charge in [0.15, 0.2) is 0 Å². The first-order valence-corrected chi connectivity index (χ1v) is 11.9. The van der Waals surface area contributed by atoms with Gasteiger partial charge < -0.3 is 10.6 Å². The highest BCUT2D eigenvalue weighted by Crippen LogP contribution is 2.64. The Bertz CT molecular complexity index is 1020. The first-order chi connectivity index (χ1) is 15.5. The third-order valence-corrected chi connectivity index (χ3v) is 7.89. The summed E-state index contributed by atoms with van der Waals surface area (Å²) >= 11 is 0. The van der Waals surface area contributed by atoms with Crippen molar-refractivity contribution in [3.05, 3.63) is 29.6 Å². The summed E-state index contributed by atoms with van der Waals surface area (Å²) < 4.78 is 42.0. The monoisotopic (exact) mass is 462 g/mol. The number of likely N-dealkylation sites (N-methyl/N-ethyl adjacent to an activating group) is 1. The molecule has 2 saturated carbocycles. The Hall–Kier alpha value is -2.13. The number of piperazine rings is 1. The second kappa shape index (κ2) is 7.98. The molecule has 9 heteroatoms. The summed E-state index contributed by atoms with van der Waals surface area (Å²) in [7, 11) is 2.19. The highest BCUT2D eigenvalue weighted by molar-refractivity contribution is 5.63. The van der Waals surface area contributed by atoms with Crippen molar-refractivity contribution in [1.82, 2.24) is 24.6 Å². The Morgan fingerprint density at radius 2 is 1.82 bits per heavy atom. The molecular weight excluding hydrogens is 429 g/mol. The van der Waals surface area contributed by atoms with Crippen molar-refractivity contribution in [2.75, 3.05) is 32.4 Å². The lowest BCUT2D eigenvalue weighted by Crippen LogP contribution is -2.54. The normalized spacial score (nSPS) is 30.7. The summed E-state index contributed by atoms with van der Waals surface area (Å²) in [5.74, 6) is 1.21. The molecule has 5 rings (SSSR count). The van der Waals surface area contributed by atoms with E-state index in [4.69, 9.17) is 10.8 Å². The fraction of sp³-hybridized carbons (Fsp3) is 0.667. The molecule has 1 saturated heterocycles. The van der Waals surface area contributed by atoms with E-state index in [1.807, 2.05) is 10.7 Å². The van der Waals surface area contributed by atoms with E-state index in [0.29, 0.717) is 41.1 Å². The van der Waals surface area contributed by atoms with Crippen LogP contribution >= 0.6 is 0 Å². The van der Waals surface area contributed by atoms with Gasteiger partial charge in [-0.2, -0.15) is 18.3 Å². The van der Waals surface area contributed by atoms with Gasteiger partial charge in [-0.3, -0.25) is 9.58 Å². The van der Waals surface area contributed by atoms with Crippen LogP contribution in [0.3, 0.4) is 0 Å². The van der Waals surface area contributed by atoms with Gasteiger partial charge in [0, 0.05) is 61.1 Å². The van der Waals surface area contributed by atoms with Gasteiger partial charge in [0.1, 0.15) is 5.82 Å². The highest BCUT2D eigenvalue weighted by Gasteiger charge is 2.59. The summed E-state index contributed by atoms with van der Waals surface area (Å²) in [6.45, 7) is 9.83. The van der Waals surface area contributed by atoms with E-state index in [0.717, 1.165) is 31.4 Å². The molecule has 6 nitrogen and oxygen atoms in total. The third kappa shape index (κ3) is 4.03. The smallest absolute Gasteiger partial charge is 0.383 e. The van der Waals surface area contributed by atoms with Crippen molar-refractivity contribution in [2.24, 2.45) is 11.8 Å². The van der Waals surface area contributed by atoms with Crippen LogP contribution in [-0.4, -0.2) is 63.3 Å². The number of alkyl halides is 3. The molecule has 2 N–H and O–H groups in total. The number of fused-ring (bicyclic) bond motifs is 1. The molecule has 3 heterocycles. The first kappa shape index (κ1) is 22.7. The quantitative estimate of drug-likeness (QED) is 0.736. The van der Waals surface area contributed by atoms with Gasteiger partial charge in [-0.15, -0.1) is 0 Å². The maximum absolute atomic E-state index is 13.3. The minimum atomic E-state index is -4.54. The predicted molar refractivity (Wildman–Crippen MR) is 122 cm³/mol. The molecule has 0 radical (unpaired) electrons. The average Bonchev–Trinajstić information content (AvgIpc) is 3.07. The molecule has 2 aromatic rings. The molecule has 2 aromatic heterocycles. The fourth-order valence-electron chi connectivity index (χ4n) is 6.27. The van der Waals surface area contributed by atoms with Gasteiger partial charge in [0.05, 0.1) is 11.3 Å². The van der Waals surface area contributed by atoms with Gasteiger partial charge in [-0.25, -0.2) is 4.98 Å². The maximum atomic E-state index is 13.3. The summed E-state index contributed by atoms with van der Waals surface area (Å²) in [5, 5.41) is 4.70. The standard InChI is InChI=1S/C24H33F3N6/c1-13(2)33-21(10-20(30-33)15-7-19(24(25,26)27)23(28)29-11-15)22-17-8-16(9-18(17)22)32-6-5-31(4)12-14(32)3/h7,10-11,13-14,16-18,22H,5-6,8-9,12H2,1-4H3,(H2,28,29)/t14-,16?,17-,18+,22?/m0/s1. The van der Waals surface area contributed by atoms with Crippen LogP contribution < -0.4 is 5.73 Å². The second-order valence-corrected chi connectivity index (χ2v) is 10.5. The van der Waals surface area contributed by atoms with Crippen molar-refractivity contribution in [1.29, 1.82) is 0 Å². The van der Waals surface area contributed by atoms with Crippen molar-refractivity contribution < 1.29 is 13.2 Å². The first-order valence-electron chi connectivity index (χ1n) is 11.9. The number of aromatic nitrogens is 3. The molecule has 3 fully saturated rings. The zero-order valence-electron chi connectivity index (χ0n) is 19.7. The Kier molecular flexibility index (Phi) is 5.47. The van der Waals surface area contributed by atoms with E-state index < -0.39 is 17.6 Å². The summed E-state index contributed by atoms with van der Waals surface area (Å²) in [5.41, 5.74) is 6.61. The van der Waals surface area contributed by atoms with Crippen molar-refractivity contribution in [3.63, 3.8) is 0 Å². The zero-order chi connectivity index (χ0) is 23.7. The van der Waals surface area contributed by atoms with Crippen LogP contribution in [0.4, 0.5) is 19.0 Å². The largest absolute Gasteiger partial charge is 0.419 e. The van der Waals surface area contributed by atoms with E-state index >= 15 is 0 Å². The van der Waals surface area contributed by atoms with Crippen LogP contribution in [0.5, 0.6) is 0 Å². The van der Waals surface area contributed by atoms with Crippen LogP contribution in [0.25, 0.3) is 11.3 Å². The lowest BCUT2D eigenvalue weighted by atomic mass is 10.00. The van der Waals surface area contributed by atoms with Crippen molar-refractivity contribution >= 4 is 5.82 Å². The van der Waals surface area contributed by atoms with Crippen LogP contribution in [0, 0.1) is 11.8 Å². The molecule has 2 unspecified atom stereocenters. The summed E-state index contributed by atoms with van der Waals surface area (Å²) in [4.78, 5) is 8.89. The number of pyridine rings is 1. The number of halogens is 3. The van der Waals surface area contributed by atoms with Crippen LogP contribution in [0.2, 0.25) is 0 Å². The van der Waals surface area contributed by atoms with E-state index in [1.54, 1.807) is 0 Å². The van der Waals surface area contributed by atoms with Gasteiger partial charge >= 0.3 is 6.18 Å². The number of hydrogen-bond donors (Lipinski definition) is 1. The van der Waals surface area contributed by atoms with Crippen molar-refractivity contribution in [2.45, 2.75) is 63.8 Å². The molecule has 0 aromatic carbocycles. The number of rotatable bonds is 4. The van der Waals surface area contributed by atoms with Crippen LogP contribution in [0.1, 0.15) is 56.8 Å². The number of anilines is 1. The van der Waals surface area contributed by atoms with E-state index in [1.165, 1.54) is 19.0 Å². The number of nitrogens with zero attached hydrogens (tertiary/aromatic N) is 5.